The van der Waals surface area contributed by atoms with Gasteiger partial charge in [0.1, 0.15) is 5.56 Å². The van der Waals surface area contributed by atoms with E-state index in [1.54, 1.807) is 0 Å². The van der Waals surface area contributed by atoms with E-state index in [0.717, 1.165) is 32.1 Å². The number of anilines is 1. The van der Waals surface area contributed by atoms with E-state index < -0.39 is 4.92 Å². The van der Waals surface area contributed by atoms with Crippen LogP contribution in [-0.2, 0) is 0 Å². The van der Waals surface area contributed by atoms with Crippen molar-refractivity contribution in [2.75, 3.05) is 12.3 Å². The van der Waals surface area contributed by atoms with Gasteiger partial charge in [-0.25, -0.2) is 0 Å². The zero-order valence-corrected chi connectivity index (χ0v) is 11.8. The van der Waals surface area contributed by atoms with Crippen LogP contribution in [0.5, 0.6) is 0 Å². The van der Waals surface area contributed by atoms with Gasteiger partial charge in [-0.05, 0) is 43.7 Å². The van der Waals surface area contributed by atoms with E-state index in [4.69, 9.17) is 5.73 Å². The summed E-state index contributed by atoms with van der Waals surface area (Å²) in [7, 11) is 0. The molecule has 2 fully saturated rings. The Hall–Kier alpha value is -2.11. The van der Waals surface area contributed by atoms with Crippen LogP contribution in [0.2, 0.25) is 0 Å². The molecule has 0 radical (unpaired) electrons. The normalized spacial score (nSPS) is 24.7. The van der Waals surface area contributed by atoms with E-state index in [1.807, 2.05) is 4.90 Å². The Morgan fingerprint density at radius 1 is 1.29 bits per heavy atom. The first-order chi connectivity index (χ1) is 10.1. The zero-order chi connectivity index (χ0) is 15.0. The van der Waals surface area contributed by atoms with Gasteiger partial charge in [0.25, 0.3) is 11.6 Å². The van der Waals surface area contributed by atoms with Crippen molar-refractivity contribution in [1.29, 1.82) is 0 Å². The number of nitrogen functional groups attached to an aromatic ring is 1. The number of benzene rings is 1. The number of nitro benzene ring substituents is 1. The smallest absolute Gasteiger partial charge is 0.282 e. The first-order valence-corrected chi connectivity index (χ1v) is 7.43. The number of nitro groups is 1. The summed E-state index contributed by atoms with van der Waals surface area (Å²) in [6.07, 6.45) is 5.44. The highest BCUT2D eigenvalue weighted by atomic mass is 16.6. The lowest BCUT2D eigenvalue weighted by molar-refractivity contribution is -0.385. The molecule has 1 amide bonds. The molecule has 2 aliphatic rings. The Morgan fingerprint density at radius 3 is 2.81 bits per heavy atom. The van der Waals surface area contributed by atoms with Crippen LogP contribution >= 0.6 is 0 Å². The summed E-state index contributed by atoms with van der Waals surface area (Å²) in [5.41, 5.74) is 6.05. The quantitative estimate of drug-likeness (QED) is 0.514. The van der Waals surface area contributed by atoms with E-state index in [9.17, 15) is 14.9 Å². The van der Waals surface area contributed by atoms with Crippen LogP contribution in [0.25, 0.3) is 0 Å². The van der Waals surface area contributed by atoms with Crippen LogP contribution in [0, 0.1) is 16.0 Å². The molecule has 1 aromatic carbocycles. The topological polar surface area (TPSA) is 89.5 Å². The molecule has 1 heterocycles. The molecule has 2 atom stereocenters. The molecule has 1 aliphatic heterocycles. The predicted octanol–water partition coefficient (Wildman–Crippen LogP) is 2.58. The molecule has 0 bridgehead atoms. The van der Waals surface area contributed by atoms with Crippen LogP contribution in [0.15, 0.2) is 18.2 Å². The number of hydrogen-bond acceptors (Lipinski definition) is 4. The summed E-state index contributed by atoms with van der Waals surface area (Å²) >= 11 is 0. The molecule has 2 unspecified atom stereocenters. The number of nitrogens with zero attached hydrogens (tertiary/aromatic N) is 2. The first kappa shape index (κ1) is 13.9. The van der Waals surface area contributed by atoms with E-state index in [1.165, 1.54) is 18.2 Å². The number of carbonyl (C=O) groups is 1. The second kappa shape index (κ2) is 5.35. The number of rotatable bonds is 2. The average molecular weight is 289 g/mol. The van der Waals surface area contributed by atoms with Gasteiger partial charge in [0.15, 0.2) is 0 Å². The Morgan fingerprint density at radius 2 is 2.05 bits per heavy atom. The molecule has 21 heavy (non-hydrogen) atoms. The minimum absolute atomic E-state index is 0.118. The van der Waals surface area contributed by atoms with Gasteiger partial charge in [0.2, 0.25) is 0 Å². The van der Waals surface area contributed by atoms with Crippen LogP contribution in [0.3, 0.4) is 0 Å². The molecule has 1 saturated heterocycles. The minimum Gasteiger partial charge on any atom is -0.399 e. The number of likely N-dealkylation sites (tertiary alicyclic amines) is 1. The van der Waals surface area contributed by atoms with Crippen LogP contribution in [0.4, 0.5) is 11.4 Å². The molecule has 6 heteroatoms. The summed E-state index contributed by atoms with van der Waals surface area (Å²) in [6, 6.07) is 4.45. The largest absolute Gasteiger partial charge is 0.399 e. The molecule has 2 N–H and O–H groups in total. The highest BCUT2D eigenvalue weighted by molar-refractivity contribution is 5.99. The van der Waals surface area contributed by atoms with Crippen molar-refractivity contribution in [1.82, 2.24) is 4.90 Å². The fourth-order valence-corrected chi connectivity index (χ4v) is 3.74. The van der Waals surface area contributed by atoms with Crippen molar-refractivity contribution in [3.8, 4) is 0 Å². The molecule has 1 aliphatic carbocycles. The van der Waals surface area contributed by atoms with Crippen molar-refractivity contribution < 1.29 is 9.72 Å². The number of carbonyl (C=O) groups excluding carboxylic acids is 1. The second-order valence-corrected chi connectivity index (χ2v) is 5.93. The third-order valence-electron chi connectivity index (χ3n) is 4.70. The fraction of sp³-hybridized carbons (Fsp3) is 0.533. The molecule has 6 nitrogen and oxygen atoms in total. The number of hydrogen-bond donors (Lipinski definition) is 1. The predicted molar refractivity (Wildman–Crippen MR) is 78.9 cm³/mol. The van der Waals surface area contributed by atoms with Gasteiger partial charge in [-0.3, -0.25) is 14.9 Å². The summed E-state index contributed by atoms with van der Waals surface area (Å²) in [5, 5.41) is 11.1. The number of nitrogens with two attached hydrogens (primary N) is 1. The van der Waals surface area contributed by atoms with E-state index in [-0.39, 0.29) is 23.2 Å². The molecular weight excluding hydrogens is 270 g/mol. The number of piperidine rings is 1. The van der Waals surface area contributed by atoms with Crippen molar-refractivity contribution in [3.05, 3.63) is 33.9 Å². The average Bonchev–Trinajstić information content (AvgIpc) is 2.94. The van der Waals surface area contributed by atoms with Crippen LogP contribution in [0.1, 0.15) is 42.5 Å². The van der Waals surface area contributed by atoms with Gasteiger partial charge in [0.05, 0.1) is 4.92 Å². The SMILES string of the molecule is Nc1ccc([N+](=O)[O-])c(C(=O)N2CCCC3CCCC32)c1. The molecule has 0 spiro atoms. The van der Waals surface area contributed by atoms with Gasteiger partial charge in [-0.2, -0.15) is 0 Å². The Bertz CT molecular complexity index is 588. The Kier molecular flexibility index (Phi) is 3.53. The summed E-state index contributed by atoms with van der Waals surface area (Å²) in [5.74, 6) is 0.313. The molecule has 1 aromatic rings. The summed E-state index contributed by atoms with van der Waals surface area (Å²) < 4.78 is 0. The molecule has 3 rings (SSSR count). The van der Waals surface area contributed by atoms with Gasteiger partial charge >= 0.3 is 0 Å². The maximum absolute atomic E-state index is 12.8. The Balaban J connectivity index is 1.94. The summed E-state index contributed by atoms with van der Waals surface area (Å²) in [4.78, 5) is 25.3. The van der Waals surface area contributed by atoms with Gasteiger partial charge in [0, 0.05) is 24.3 Å². The highest BCUT2D eigenvalue weighted by Gasteiger charge is 2.39. The van der Waals surface area contributed by atoms with E-state index >= 15 is 0 Å². The maximum atomic E-state index is 12.8. The van der Waals surface area contributed by atoms with Crippen molar-refractivity contribution in [2.45, 2.75) is 38.1 Å². The Labute approximate surface area is 123 Å². The maximum Gasteiger partial charge on any atom is 0.282 e. The standard InChI is InChI=1S/C15H19N3O3/c16-11-6-7-14(18(20)21)12(9-11)15(19)17-8-2-4-10-3-1-5-13(10)17/h6-7,9-10,13H,1-5,8,16H2. The lowest BCUT2D eigenvalue weighted by Gasteiger charge is -2.37. The van der Waals surface area contributed by atoms with Gasteiger partial charge in [-0.1, -0.05) is 6.42 Å². The summed E-state index contributed by atoms with van der Waals surface area (Å²) in [6.45, 7) is 0.686. The number of fused-ring (bicyclic) bond motifs is 1. The van der Waals surface area contributed by atoms with Gasteiger partial charge in [-0.15, -0.1) is 0 Å². The molecule has 112 valence electrons. The third kappa shape index (κ3) is 2.46. The molecule has 0 aromatic heterocycles. The third-order valence-corrected chi connectivity index (χ3v) is 4.70. The lowest BCUT2D eigenvalue weighted by atomic mass is 9.91. The van der Waals surface area contributed by atoms with E-state index in [0.29, 0.717) is 18.2 Å². The monoisotopic (exact) mass is 289 g/mol. The second-order valence-electron chi connectivity index (χ2n) is 5.93. The highest BCUT2D eigenvalue weighted by Crippen LogP contribution is 2.38. The molecular formula is C15H19N3O3. The van der Waals surface area contributed by atoms with Crippen LogP contribution in [-0.4, -0.2) is 28.3 Å². The molecule has 1 saturated carbocycles. The van der Waals surface area contributed by atoms with Gasteiger partial charge < -0.3 is 10.6 Å². The van der Waals surface area contributed by atoms with Crippen molar-refractivity contribution >= 4 is 17.3 Å². The zero-order valence-electron chi connectivity index (χ0n) is 11.8. The van der Waals surface area contributed by atoms with Crippen LogP contribution < -0.4 is 5.73 Å². The van der Waals surface area contributed by atoms with Crippen molar-refractivity contribution in [3.63, 3.8) is 0 Å². The lowest BCUT2D eigenvalue weighted by Crippen LogP contribution is -2.46. The first-order valence-electron chi connectivity index (χ1n) is 7.43. The number of amides is 1. The van der Waals surface area contributed by atoms with Crippen molar-refractivity contribution in [2.24, 2.45) is 5.92 Å². The fourth-order valence-electron chi connectivity index (χ4n) is 3.74. The van der Waals surface area contributed by atoms with E-state index in [2.05, 4.69) is 0 Å². The minimum atomic E-state index is -0.511.